The van der Waals surface area contributed by atoms with Gasteiger partial charge in [-0.1, -0.05) is 5.16 Å². The van der Waals surface area contributed by atoms with E-state index in [0.717, 1.165) is 0 Å². The van der Waals surface area contributed by atoms with E-state index in [1.165, 1.54) is 12.4 Å². The summed E-state index contributed by atoms with van der Waals surface area (Å²) in [6.07, 6.45) is 2.82. The zero-order valence-electron chi connectivity index (χ0n) is 9.82. The second-order valence-corrected chi connectivity index (χ2v) is 3.65. The van der Waals surface area contributed by atoms with Gasteiger partial charge in [0.05, 0.1) is 18.0 Å². The van der Waals surface area contributed by atoms with Gasteiger partial charge in [-0.05, 0) is 30.3 Å². The first-order valence-corrected chi connectivity index (χ1v) is 5.36. The highest BCUT2D eigenvalue weighted by atomic mass is 16.4. The molecule has 0 bridgehead atoms. The maximum atomic E-state index is 11.8. The Morgan fingerprint density at radius 2 is 1.89 bits per heavy atom. The van der Waals surface area contributed by atoms with Gasteiger partial charge in [-0.15, -0.1) is 0 Å². The molecule has 2 aromatic rings. The Kier molecular flexibility index (Phi) is 3.67. The first kappa shape index (κ1) is 12.5. The minimum absolute atomic E-state index is 0.0104. The third kappa shape index (κ3) is 3.03. The zero-order chi connectivity index (χ0) is 13.7. The van der Waals surface area contributed by atoms with Gasteiger partial charge in [0.15, 0.2) is 5.84 Å². The van der Waals surface area contributed by atoms with E-state index in [1.54, 1.807) is 30.3 Å². The molecular weight excluding hydrogens is 246 g/mol. The highest BCUT2D eigenvalue weighted by Gasteiger charge is 2.06. The van der Waals surface area contributed by atoms with E-state index in [-0.39, 0.29) is 11.7 Å². The van der Waals surface area contributed by atoms with Crippen LogP contribution in [0.3, 0.4) is 0 Å². The summed E-state index contributed by atoms with van der Waals surface area (Å²) < 4.78 is 0. The predicted molar refractivity (Wildman–Crippen MR) is 68.9 cm³/mol. The summed E-state index contributed by atoms with van der Waals surface area (Å²) in [5.74, 6) is -0.275. The number of oxime groups is 1. The summed E-state index contributed by atoms with van der Waals surface area (Å²) in [5, 5.41) is 21.3. The van der Waals surface area contributed by atoms with E-state index in [2.05, 4.69) is 20.7 Å². The number of anilines is 1. The van der Waals surface area contributed by atoms with Crippen LogP contribution in [0.5, 0.6) is 0 Å². The van der Waals surface area contributed by atoms with Crippen molar-refractivity contribution in [2.24, 2.45) is 10.9 Å². The minimum Gasteiger partial charge on any atom is -0.409 e. The molecule has 0 aliphatic carbocycles. The van der Waals surface area contributed by atoms with Gasteiger partial charge in [-0.25, -0.2) is 0 Å². The molecule has 0 fully saturated rings. The number of amides is 1. The van der Waals surface area contributed by atoms with Crippen LogP contribution in [0, 0.1) is 0 Å². The topological polar surface area (TPSA) is 113 Å². The Balaban J connectivity index is 2.10. The highest BCUT2D eigenvalue weighted by molar-refractivity contribution is 6.04. The average molecular weight is 257 g/mol. The molecule has 19 heavy (non-hydrogen) atoms. The fourth-order valence-corrected chi connectivity index (χ4v) is 1.41. The van der Waals surface area contributed by atoms with Crippen LogP contribution in [0.25, 0.3) is 0 Å². The third-order valence-corrected chi connectivity index (χ3v) is 2.39. The molecule has 1 heterocycles. The molecule has 1 aromatic carbocycles. The van der Waals surface area contributed by atoms with Crippen molar-refractivity contribution in [3.8, 4) is 0 Å². The summed E-state index contributed by atoms with van der Waals surface area (Å²) in [6.45, 7) is 0. The Morgan fingerprint density at radius 1 is 1.16 bits per heavy atom. The second-order valence-electron chi connectivity index (χ2n) is 3.65. The van der Waals surface area contributed by atoms with Crippen molar-refractivity contribution in [1.82, 2.24) is 10.2 Å². The minimum atomic E-state index is -0.286. The van der Waals surface area contributed by atoms with Crippen LogP contribution in [0.1, 0.15) is 15.9 Å². The molecule has 1 aromatic heterocycles. The van der Waals surface area contributed by atoms with Gasteiger partial charge in [0.25, 0.3) is 5.91 Å². The maximum absolute atomic E-state index is 11.8. The molecular formula is C12H11N5O2. The smallest absolute Gasteiger partial charge is 0.257 e. The van der Waals surface area contributed by atoms with E-state index in [9.17, 15) is 4.79 Å². The molecule has 0 radical (unpaired) electrons. The van der Waals surface area contributed by atoms with Gasteiger partial charge in [0.2, 0.25) is 0 Å². The van der Waals surface area contributed by atoms with Gasteiger partial charge in [0, 0.05) is 11.3 Å². The first-order chi connectivity index (χ1) is 9.20. The molecule has 2 rings (SSSR count). The van der Waals surface area contributed by atoms with Gasteiger partial charge in [-0.3, -0.25) is 4.79 Å². The SMILES string of the molecule is N/C(=N/O)c1ccc(NC(=O)c2ccnnc2)cc1. The van der Waals surface area contributed by atoms with Crippen LogP contribution < -0.4 is 11.1 Å². The van der Waals surface area contributed by atoms with Crippen LogP contribution in [0.2, 0.25) is 0 Å². The number of hydrogen-bond acceptors (Lipinski definition) is 5. The van der Waals surface area contributed by atoms with Gasteiger partial charge in [-0.2, -0.15) is 10.2 Å². The molecule has 7 nitrogen and oxygen atoms in total. The van der Waals surface area contributed by atoms with E-state index < -0.39 is 0 Å². The molecule has 4 N–H and O–H groups in total. The number of nitrogens with zero attached hydrogens (tertiary/aromatic N) is 3. The number of nitrogens with two attached hydrogens (primary N) is 1. The molecule has 1 amide bonds. The van der Waals surface area contributed by atoms with E-state index in [1.807, 2.05) is 0 Å². The standard InChI is InChI=1S/C12H11N5O2/c13-11(17-19)8-1-3-10(4-2-8)16-12(18)9-5-6-14-15-7-9/h1-7,19H,(H2,13,17)(H,16,18). The van der Waals surface area contributed by atoms with Crippen molar-refractivity contribution in [2.75, 3.05) is 5.32 Å². The largest absolute Gasteiger partial charge is 0.409 e. The third-order valence-electron chi connectivity index (χ3n) is 2.39. The van der Waals surface area contributed by atoms with Crippen LogP contribution >= 0.6 is 0 Å². The number of amidine groups is 1. The Morgan fingerprint density at radius 3 is 2.47 bits per heavy atom. The quantitative estimate of drug-likeness (QED) is 0.326. The molecule has 0 spiro atoms. The van der Waals surface area contributed by atoms with Crippen LogP contribution in [-0.2, 0) is 0 Å². The lowest BCUT2D eigenvalue weighted by Crippen LogP contribution is -2.14. The number of nitrogens with one attached hydrogen (secondary N) is 1. The van der Waals surface area contributed by atoms with Crippen LogP contribution in [-0.4, -0.2) is 27.1 Å². The van der Waals surface area contributed by atoms with Crippen molar-refractivity contribution >= 4 is 17.4 Å². The molecule has 96 valence electrons. The lowest BCUT2D eigenvalue weighted by atomic mass is 10.2. The molecule has 0 unspecified atom stereocenters. The van der Waals surface area contributed by atoms with Crippen molar-refractivity contribution in [1.29, 1.82) is 0 Å². The number of hydrogen-bond donors (Lipinski definition) is 3. The van der Waals surface area contributed by atoms with E-state index in [4.69, 9.17) is 10.9 Å². The van der Waals surface area contributed by atoms with Crippen LogP contribution in [0.4, 0.5) is 5.69 Å². The van der Waals surface area contributed by atoms with E-state index >= 15 is 0 Å². The molecule has 0 aliphatic heterocycles. The van der Waals surface area contributed by atoms with Gasteiger partial charge < -0.3 is 16.3 Å². The molecule has 0 atom stereocenters. The fourth-order valence-electron chi connectivity index (χ4n) is 1.41. The second kappa shape index (κ2) is 5.58. The summed E-state index contributed by atoms with van der Waals surface area (Å²) in [7, 11) is 0. The number of benzene rings is 1. The lowest BCUT2D eigenvalue weighted by Gasteiger charge is -2.05. The Bertz CT molecular complexity index is 595. The van der Waals surface area contributed by atoms with Crippen molar-refractivity contribution in [3.63, 3.8) is 0 Å². The first-order valence-electron chi connectivity index (χ1n) is 5.36. The van der Waals surface area contributed by atoms with Crippen LogP contribution in [0.15, 0.2) is 47.9 Å². The molecule has 0 saturated heterocycles. The van der Waals surface area contributed by atoms with E-state index in [0.29, 0.717) is 16.8 Å². The maximum Gasteiger partial charge on any atom is 0.257 e. The lowest BCUT2D eigenvalue weighted by molar-refractivity contribution is 0.102. The van der Waals surface area contributed by atoms with Crippen molar-refractivity contribution in [2.45, 2.75) is 0 Å². The monoisotopic (exact) mass is 257 g/mol. The normalized spacial score (nSPS) is 11.1. The predicted octanol–water partition coefficient (Wildman–Crippen LogP) is 0.823. The number of rotatable bonds is 3. The molecule has 7 heteroatoms. The van der Waals surface area contributed by atoms with Gasteiger partial charge in [0.1, 0.15) is 0 Å². The molecule has 0 saturated carbocycles. The fraction of sp³-hybridized carbons (Fsp3) is 0. The molecule has 0 aliphatic rings. The number of carbonyl (C=O) groups is 1. The highest BCUT2D eigenvalue weighted by Crippen LogP contribution is 2.10. The summed E-state index contributed by atoms with van der Waals surface area (Å²) >= 11 is 0. The number of carbonyl (C=O) groups excluding carboxylic acids is 1. The van der Waals surface area contributed by atoms with Crippen molar-refractivity contribution in [3.05, 3.63) is 53.9 Å². The van der Waals surface area contributed by atoms with Gasteiger partial charge >= 0.3 is 0 Å². The Labute approximate surface area is 108 Å². The zero-order valence-corrected chi connectivity index (χ0v) is 9.82. The Hall–Kier alpha value is -2.96. The number of aromatic nitrogens is 2. The van der Waals surface area contributed by atoms with Crippen molar-refractivity contribution < 1.29 is 10.0 Å². The summed E-state index contributed by atoms with van der Waals surface area (Å²) in [5.41, 5.74) is 7.00. The average Bonchev–Trinajstić information content (AvgIpc) is 2.48. The summed E-state index contributed by atoms with van der Waals surface area (Å²) in [4.78, 5) is 11.8. The summed E-state index contributed by atoms with van der Waals surface area (Å²) in [6, 6.07) is 8.14.